The topological polar surface area (TPSA) is 55.7 Å². The van der Waals surface area contributed by atoms with Crippen molar-refractivity contribution in [3.63, 3.8) is 0 Å². The zero-order valence-electron chi connectivity index (χ0n) is 13.8. The molecule has 0 bridgehead atoms. The van der Waals surface area contributed by atoms with Gasteiger partial charge < -0.3 is 14.8 Å². The van der Waals surface area contributed by atoms with Crippen LogP contribution < -0.4 is 14.8 Å². The summed E-state index contributed by atoms with van der Waals surface area (Å²) < 4.78 is 10.8. The summed E-state index contributed by atoms with van der Waals surface area (Å²) in [5, 5.41) is 5.32. The van der Waals surface area contributed by atoms with Crippen LogP contribution in [0.4, 0.5) is 0 Å². The van der Waals surface area contributed by atoms with Crippen molar-refractivity contribution in [2.75, 3.05) is 20.0 Å². The number of hydrogen-bond donors (Lipinski definition) is 1. The number of aromatic nitrogens is 1. The maximum absolute atomic E-state index is 5.54. The molecule has 0 amide bonds. The molecular formula is C17H21N3O2S. The summed E-state index contributed by atoms with van der Waals surface area (Å²) in [6, 6.07) is 8.24. The summed E-state index contributed by atoms with van der Waals surface area (Å²) in [5.74, 6) is 2.49. The molecule has 0 aliphatic carbocycles. The molecule has 1 aromatic heterocycles. The van der Waals surface area contributed by atoms with Crippen molar-refractivity contribution in [3.05, 3.63) is 30.0 Å². The molecule has 1 unspecified atom stereocenters. The third kappa shape index (κ3) is 3.37. The zero-order valence-corrected chi connectivity index (χ0v) is 14.6. The van der Waals surface area contributed by atoms with Crippen LogP contribution in [0.1, 0.15) is 25.6 Å². The molecule has 1 aliphatic heterocycles. The third-order valence-electron chi connectivity index (χ3n) is 3.62. The van der Waals surface area contributed by atoms with E-state index >= 15 is 0 Å². The third-order valence-corrected chi connectivity index (χ3v) is 4.60. The number of methoxy groups -OCH3 is 2. The molecule has 122 valence electrons. The molecule has 1 aromatic carbocycles. The van der Waals surface area contributed by atoms with E-state index < -0.39 is 0 Å². The summed E-state index contributed by atoms with van der Waals surface area (Å²) in [7, 11) is 3.34. The first-order valence-electron chi connectivity index (χ1n) is 7.60. The van der Waals surface area contributed by atoms with Gasteiger partial charge in [0.05, 0.1) is 25.4 Å². The average Bonchev–Trinajstić information content (AvgIpc) is 3.00. The van der Waals surface area contributed by atoms with Gasteiger partial charge in [-0.05, 0) is 26.0 Å². The van der Waals surface area contributed by atoms with Gasteiger partial charge in [0.25, 0.3) is 0 Å². The van der Waals surface area contributed by atoms with E-state index in [1.54, 1.807) is 26.0 Å². The number of aliphatic imine (C=N–C) groups is 1. The predicted molar refractivity (Wildman–Crippen MR) is 95.8 cm³/mol. The monoisotopic (exact) mass is 331 g/mol. The molecule has 6 heteroatoms. The first kappa shape index (κ1) is 15.9. The highest BCUT2D eigenvalue weighted by molar-refractivity contribution is 8.14. The molecular weight excluding hydrogens is 310 g/mol. The minimum absolute atomic E-state index is 0.0470. The summed E-state index contributed by atoms with van der Waals surface area (Å²) >= 11 is 1.73. The van der Waals surface area contributed by atoms with Crippen LogP contribution in [-0.4, -0.2) is 36.2 Å². The standard InChI is InChI=1S/C17H21N3O2S/c1-10(2)18-17-20-15(9-23-17)14-8-16(22-4)12-6-5-11(21-3)7-13(12)19-14/h5-8,10,15H,9H2,1-4H3,(H,18,20). The smallest absolute Gasteiger partial charge is 0.157 e. The second-order valence-corrected chi connectivity index (χ2v) is 6.70. The number of hydrogen-bond acceptors (Lipinski definition) is 6. The Labute approximate surface area is 140 Å². The Morgan fingerprint density at radius 3 is 2.74 bits per heavy atom. The van der Waals surface area contributed by atoms with Crippen molar-refractivity contribution in [2.45, 2.75) is 25.9 Å². The van der Waals surface area contributed by atoms with Gasteiger partial charge >= 0.3 is 0 Å². The van der Waals surface area contributed by atoms with Crippen LogP contribution >= 0.6 is 11.8 Å². The second-order valence-electron chi connectivity index (χ2n) is 5.69. The number of nitrogens with one attached hydrogen (secondary N) is 1. The Balaban J connectivity index is 1.99. The minimum atomic E-state index is 0.0470. The van der Waals surface area contributed by atoms with Gasteiger partial charge in [0.2, 0.25) is 0 Å². The van der Waals surface area contributed by atoms with Crippen LogP contribution in [-0.2, 0) is 0 Å². The first-order chi connectivity index (χ1) is 11.1. The van der Waals surface area contributed by atoms with Gasteiger partial charge in [-0.2, -0.15) is 0 Å². The van der Waals surface area contributed by atoms with E-state index in [1.165, 1.54) is 0 Å². The molecule has 23 heavy (non-hydrogen) atoms. The summed E-state index contributed by atoms with van der Waals surface area (Å²) in [6.45, 7) is 4.22. The highest BCUT2D eigenvalue weighted by Gasteiger charge is 2.23. The largest absolute Gasteiger partial charge is 0.497 e. The minimum Gasteiger partial charge on any atom is -0.497 e. The van der Waals surface area contributed by atoms with Crippen molar-refractivity contribution in [2.24, 2.45) is 4.99 Å². The van der Waals surface area contributed by atoms with Crippen molar-refractivity contribution in [3.8, 4) is 11.5 Å². The van der Waals surface area contributed by atoms with Gasteiger partial charge in [-0.25, -0.2) is 0 Å². The molecule has 5 nitrogen and oxygen atoms in total. The van der Waals surface area contributed by atoms with Gasteiger partial charge in [-0.15, -0.1) is 0 Å². The molecule has 2 heterocycles. The maximum Gasteiger partial charge on any atom is 0.157 e. The fourth-order valence-corrected chi connectivity index (χ4v) is 3.60. The van der Waals surface area contributed by atoms with Crippen LogP contribution in [0.3, 0.4) is 0 Å². The highest BCUT2D eigenvalue weighted by Crippen LogP contribution is 2.34. The van der Waals surface area contributed by atoms with Crippen LogP contribution in [0, 0.1) is 0 Å². The molecule has 3 rings (SSSR count). The second kappa shape index (κ2) is 6.66. The number of ether oxygens (including phenoxy) is 2. The number of thioether (sulfide) groups is 1. The van der Waals surface area contributed by atoms with Crippen molar-refractivity contribution < 1.29 is 9.47 Å². The highest BCUT2D eigenvalue weighted by atomic mass is 32.2. The Hall–Kier alpha value is -1.95. The van der Waals surface area contributed by atoms with Crippen LogP contribution in [0.25, 0.3) is 10.9 Å². The molecule has 0 saturated heterocycles. The van der Waals surface area contributed by atoms with Gasteiger partial charge in [0, 0.05) is 29.3 Å². The summed E-state index contributed by atoms with van der Waals surface area (Å²) in [4.78, 5) is 9.52. The van der Waals surface area contributed by atoms with Crippen LogP contribution in [0.2, 0.25) is 0 Å². The van der Waals surface area contributed by atoms with E-state index in [9.17, 15) is 0 Å². The Kier molecular flexibility index (Phi) is 4.61. The van der Waals surface area contributed by atoms with Crippen molar-refractivity contribution in [1.82, 2.24) is 10.3 Å². The Morgan fingerprint density at radius 1 is 1.22 bits per heavy atom. The lowest BCUT2D eigenvalue weighted by atomic mass is 10.1. The summed E-state index contributed by atoms with van der Waals surface area (Å²) in [6.07, 6.45) is 0. The quantitative estimate of drug-likeness (QED) is 0.930. The lowest BCUT2D eigenvalue weighted by Crippen LogP contribution is -2.26. The van der Waals surface area contributed by atoms with Crippen LogP contribution in [0.15, 0.2) is 29.3 Å². The maximum atomic E-state index is 5.54. The first-order valence-corrected chi connectivity index (χ1v) is 8.59. The molecule has 1 aliphatic rings. The SMILES string of the molecule is COc1ccc2c(OC)cc(C3CSC(NC(C)C)=N3)nc2c1. The fourth-order valence-electron chi connectivity index (χ4n) is 2.51. The average molecular weight is 331 g/mol. The number of nitrogens with zero attached hydrogens (tertiary/aromatic N) is 2. The van der Waals surface area contributed by atoms with Gasteiger partial charge in [0.15, 0.2) is 5.17 Å². The molecule has 1 atom stereocenters. The molecule has 0 radical (unpaired) electrons. The number of pyridine rings is 1. The van der Waals surface area contributed by atoms with Crippen LogP contribution in [0.5, 0.6) is 11.5 Å². The molecule has 2 aromatic rings. The van der Waals surface area contributed by atoms with Gasteiger partial charge in [-0.1, -0.05) is 11.8 Å². The molecule has 0 spiro atoms. The normalized spacial score (nSPS) is 17.4. The lowest BCUT2D eigenvalue weighted by Gasteiger charge is -2.12. The van der Waals surface area contributed by atoms with E-state index in [-0.39, 0.29) is 6.04 Å². The number of amidine groups is 1. The van der Waals surface area contributed by atoms with E-state index in [2.05, 4.69) is 19.2 Å². The lowest BCUT2D eigenvalue weighted by molar-refractivity contribution is 0.414. The fraction of sp³-hybridized carbons (Fsp3) is 0.412. The number of fused-ring (bicyclic) bond motifs is 1. The molecule has 0 fully saturated rings. The van der Waals surface area contributed by atoms with E-state index in [0.29, 0.717) is 6.04 Å². The predicted octanol–water partition coefficient (Wildman–Crippen LogP) is 3.39. The van der Waals surface area contributed by atoms with E-state index in [1.807, 2.05) is 24.3 Å². The van der Waals surface area contributed by atoms with E-state index in [4.69, 9.17) is 19.5 Å². The molecule has 0 saturated carbocycles. The Morgan fingerprint density at radius 2 is 2.04 bits per heavy atom. The van der Waals surface area contributed by atoms with Gasteiger partial charge in [-0.3, -0.25) is 9.98 Å². The zero-order chi connectivity index (χ0) is 16.4. The molecule has 1 N–H and O–H groups in total. The van der Waals surface area contributed by atoms with E-state index in [0.717, 1.165) is 39.0 Å². The Bertz CT molecular complexity index is 746. The number of rotatable bonds is 4. The summed E-state index contributed by atoms with van der Waals surface area (Å²) in [5.41, 5.74) is 1.79. The number of benzene rings is 1. The van der Waals surface area contributed by atoms with Crippen molar-refractivity contribution in [1.29, 1.82) is 0 Å². The van der Waals surface area contributed by atoms with Crippen molar-refractivity contribution >= 4 is 27.8 Å². The van der Waals surface area contributed by atoms with Gasteiger partial charge in [0.1, 0.15) is 17.5 Å².